The van der Waals surface area contributed by atoms with Crippen molar-refractivity contribution in [1.82, 2.24) is 9.97 Å². The number of hydrogen-bond acceptors (Lipinski definition) is 5. The van der Waals surface area contributed by atoms with Crippen LogP contribution in [0.3, 0.4) is 0 Å². The molecule has 0 spiro atoms. The highest BCUT2D eigenvalue weighted by Gasteiger charge is 2.19. The smallest absolute Gasteiger partial charge is 0.175 e. The molecule has 2 heterocycles. The molecule has 1 unspecified atom stereocenters. The lowest BCUT2D eigenvalue weighted by atomic mass is 10.1. The first kappa shape index (κ1) is 16.9. The molecule has 0 amide bonds. The quantitative estimate of drug-likeness (QED) is 0.254. The van der Waals surface area contributed by atoms with Crippen LogP contribution in [-0.2, 0) is 0 Å². The number of benzene rings is 2. The summed E-state index contributed by atoms with van der Waals surface area (Å²) < 4.78 is 0. The predicted molar refractivity (Wildman–Crippen MR) is 109 cm³/mol. The van der Waals surface area contributed by atoms with Gasteiger partial charge in [0.15, 0.2) is 5.78 Å². The maximum absolute atomic E-state index is 12.7. The van der Waals surface area contributed by atoms with Crippen LogP contribution in [0.15, 0.2) is 78.1 Å². The second-order valence-corrected chi connectivity index (χ2v) is 8.22. The highest BCUT2D eigenvalue weighted by Crippen LogP contribution is 2.37. The van der Waals surface area contributed by atoms with E-state index in [9.17, 15) is 4.79 Å². The highest BCUT2D eigenvalue weighted by atomic mass is 32.2. The maximum atomic E-state index is 12.7. The first-order valence-corrected chi connectivity index (χ1v) is 9.98. The van der Waals surface area contributed by atoms with Gasteiger partial charge in [-0.1, -0.05) is 72.4 Å². The monoisotopic (exact) mass is 376 g/mol. The van der Waals surface area contributed by atoms with Crippen LogP contribution in [0.4, 0.5) is 0 Å². The van der Waals surface area contributed by atoms with Crippen LogP contribution in [0, 0.1) is 0 Å². The lowest BCUT2D eigenvalue weighted by molar-refractivity contribution is 0.0994. The normalized spacial score (nSPS) is 12.2. The summed E-state index contributed by atoms with van der Waals surface area (Å²) in [5, 5.41) is 1.65. The Labute approximate surface area is 160 Å². The Bertz CT molecular complexity index is 1050. The number of nitrogens with zero attached hydrogens (tertiary/aromatic N) is 2. The fourth-order valence-corrected chi connectivity index (χ4v) is 4.77. The molecule has 0 radical (unpaired) electrons. The number of rotatable bonds is 5. The van der Waals surface area contributed by atoms with E-state index in [0.717, 1.165) is 25.7 Å². The molecule has 3 nitrogen and oxygen atoms in total. The minimum atomic E-state index is -0.212. The fourth-order valence-electron chi connectivity index (χ4n) is 2.73. The molecular formula is C21H16N2OS2. The first-order valence-electron chi connectivity index (χ1n) is 8.28. The SMILES string of the molecule is CC(Sc1ncnc2sc(-c3ccccc3)cc12)C(=O)c1ccccc1. The Morgan fingerprint density at radius 2 is 1.69 bits per heavy atom. The van der Waals surface area contributed by atoms with Gasteiger partial charge in [0.25, 0.3) is 0 Å². The third-order valence-electron chi connectivity index (χ3n) is 4.07. The van der Waals surface area contributed by atoms with Crippen LogP contribution in [0.1, 0.15) is 17.3 Å². The lowest BCUT2D eigenvalue weighted by Gasteiger charge is -2.10. The van der Waals surface area contributed by atoms with Gasteiger partial charge in [0, 0.05) is 15.8 Å². The molecule has 0 saturated carbocycles. The van der Waals surface area contributed by atoms with Gasteiger partial charge in [-0.25, -0.2) is 9.97 Å². The van der Waals surface area contributed by atoms with E-state index in [2.05, 4.69) is 28.2 Å². The molecule has 128 valence electrons. The van der Waals surface area contributed by atoms with Gasteiger partial charge < -0.3 is 0 Å². The number of ketones is 1. The molecule has 0 fully saturated rings. The van der Waals surface area contributed by atoms with Crippen LogP contribution >= 0.6 is 23.1 Å². The van der Waals surface area contributed by atoms with Crippen LogP contribution < -0.4 is 0 Å². The Morgan fingerprint density at radius 1 is 1.00 bits per heavy atom. The van der Waals surface area contributed by atoms with E-state index in [1.54, 1.807) is 17.7 Å². The zero-order chi connectivity index (χ0) is 17.9. The largest absolute Gasteiger partial charge is 0.293 e. The van der Waals surface area contributed by atoms with Gasteiger partial charge >= 0.3 is 0 Å². The van der Waals surface area contributed by atoms with Crippen molar-refractivity contribution < 1.29 is 4.79 Å². The van der Waals surface area contributed by atoms with E-state index < -0.39 is 0 Å². The minimum absolute atomic E-state index is 0.112. The second-order valence-electron chi connectivity index (χ2n) is 5.86. The van der Waals surface area contributed by atoms with Gasteiger partial charge in [-0.3, -0.25) is 4.79 Å². The average molecular weight is 377 g/mol. The number of carbonyl (C=O) groups is 1. The van der Waals surface area contributed by atoms with Crippen molar-refractivity contribution in [3.63, 3.8) is 0 Å². The molecule has 5 heteroatoms. The number of carbonyl (C=O) groups excluding carboxylic acids is 1. The van der Waals surface area contributed by atoms with E-state index in [1.165, 1.54) is 17.3 Å². The molecule has 4 rings (SSSR count). The third-order valence-corrected chi connectivity index (χ3v) is 6.28. The standard InChI is InChI=1S/C21H16N2OS2/c1-14(19(24)16-10-6-3-7-11-16)25-20-17-12-18(15-8-4-2-5-9-15)26-21(17)23-13-22-20/h2-14H,1H3. The third kappa shape index (κ3) is 3.41. The number of fused-ring (bicyclic) bond motifs is 1. The average Bonchev–Trinajstić information content (AvgIpc) is 3.14. The van der Waals surface area contributed by atoms with Gasteiger partial charge in [0.2, 0.25) is 0 Å². The van der Waals surface area contributed by atoms with E-state index >= 15 is 0 Å². The van der Waals surface area contributed by atoms with Gasteiger partial charge in [0.1, 0.15) is 16.2 Å². The Kier molecular flexibility index (Phi) is 4.82. The summed E-state index contributed by atoms with van der Waals surface area (Å²) in [5.74, 6) is 0.112. The summed E-state index contributed by atoms with van der Waals surface area (Å²) in [7, 11) is 0. The van der Waals surface area contributed by atoms with Crippen molar-refractivity contribution in [2.24, 2.45) is 0 Å². The molecule has 0 bridgehead atoms. The van der Waals surface area contributed by atoms with Crippen molar-refractivity contribution in [2.45, 2.75) is 17.2 Å². The fraction of sp³-hybridized carbons (Fsp3) is 0.0952. The molecular weight excluding hydrogens is 360 g/mol. The van der Waals surface area contributed by atoms with Gasteiger partial charge in [-0.15, -0.1) is 11.3 Å². The second kappa shape index (κ2) is 7.40. The molecule has 4 aromatic rings. The highest BCUT2D eigenvalue weighted by molar-refractivity contribution is 8.00. The van der Waals surface area contributed by atoms with Crippen molar-refractivity contribution in [1.29, 1.82) is 0 Å². The molecule has 2 aromatic carbocycles. The van der Waals surface area contributed by atoms with Crippen molar-refractivity contribution in [3.05, 3.63) is 78.6 Å². The van der Waals surface area contributed by atoms with Crippen LogP contribution in [0.2, 0.25) is 0 Å². The van der Waals surface area contributed by atoms with Crippen LogP contribution in [0.25, 0.3) is 20.7 Å². The molecule has 0 N–H and O–H groups in total. The van der Waals surface area contributed by atoms with Crippen LogP contribution in [0.5, 0.6) is 0 Å². The van der Waals surface area contributed by atoms with Crippen molar-refractivity contribution in [2.75, 3.05) is 0 Å². The maximum Gasteiger partial charge on any atom is 0.175 e. The van der Waals surface area contributed by atoms with Gasteiger partial charge in [-0.05, 0) is 18.6 Å². The van der Waals surface area contributed by atoms with Gasteiger partial charge in [0.05, 0.1) is 5.25 Å². The Balaban J connectivity index is 1.64. The number of thioether (sulfide) groups is 1. The zero-order valence-corrected chi connectivity index (χ0v) is 15.8. The molecule has 0 saturated heterocycles. The van der Waals surface area contributed by atoms with Gasteiger partial charge in [-0.2, -0.15) is 0 Å². The van der Waals surface area contributed by atoms with E-state index in [0.29, 0.717) is 0 Å². The lowest BCUT2D eigenvalue weighted by Crippen LogP contribution is -2.13. The zero-order valence-electron chi connectivity index (χ0n) is 14.1. The predicted octanol–water partition coefficient (Wildman–Crippen LogP) is 5.72. The summed E-state index contributed by atoms with van der Waals surface area (Å²) >= 11 is 3.14. The molecule has 26 heavy (non-hydrogen) atoms. The molecule has 0 aliphatic rings. The molecule has 0 aliphatic carbocycles. The van der Waals surface area contributed by atoms with Crippen molar-refractivity contribution in [3.8, 4) is 10.4 Å². The topological polar surface area (TPSA) is 42.9 Å². The summed E-state index contributed by atoms with van der Waals surface area (Å²) in [5.41, 5.74) is 1.90. The van der Waals surface area contributed by atoms with Crippen molar-refractivity contribution >= 4 is 39.1 Å². The molecule has 2 aromatic heterocycles. The number of hydrogen-bond donors (Lipinski definition) is 0. The number of Topliss-reactive ketones (excluding diaryl/α,β-unsaturated/α-hetero) is 1. The Morgan fingerprint density at radius 3 is 2.42 bits per heavy atom. The van der Waals surface area contributed by atoms with E-state index in [1.807, 2.05) is 55.5 Å². The first-order chi connectivity index (χ1) is 12.7. The number of aromatic nitrogens is 2. The number of thiophene rings is 1. The molecule has 0 aliphatic heterocycles. The summed E-state index contributed by atoms with van der Waals surface area (Å²) in [6.45, 7) is 1.93. The Hall–Kier alpha value is -2.50. The summed E-state index contributed by atoms with van der Waals surface area (Å²) in [6.07, 6.45) is 1.58. The van der Waals surface area contributed by atoms with E-state index in [-0.39, 0.29) is 11.0 Å². The van der Waals surface area contributed by atoms with E-state index in [4.69, 9.17) is 0 Å². The minimum Gasteiger partial charge on any atom is -0.293 e. The summed E-state index contributed by atoms with van der Waals surface area (Å²) in [6, 6.07) is 21.8. The molecule has 1 atom stereocenters. The van der Waals surface area contributed by atoms with Crippen LogP contribution in [-0.4, -0.2) is 21.0 Å². The summed E-state index contributed by atoms with van der Waals surface area (Å²) in [4.78, 5) is 23.6.